The molecule has 0 N–H and O–H groups in total. The van der Waals surface area contributed by atoms with Crippen LogP contribution in [-0.4, -0.2) is 52.9 Å². The van der Waals surface area contributed by atoms with E-state index in [9.17, 15) is 4.79 Å². The molecule has 1 fully saturated rings. The van der Waals surface area contributed by atoms with Gasteiger partial charge in [-0.15, -0.1) is 17.9 Å². The Morgan fingerprint density at radius 1 is 1.24 bits per heavy atom. The maximum Gasteiger partial charge on any atom is 0.178 e. The smallest absolute Gasteiger partial charge is 0.178 e. The van der Waals surface area contributed by atoms with Gasteiger partial charge in [0.1, 0.15) is 0 Å². The van der Waals surface area contributed by atoms with Crippen LogP contribution in [0, 0.1) is 13.8 Å². The Bertz CT molecular complexity index is 724. The molecule has 0 bridgehead atoms. The zero-order valence-electron chi connectivity index (χ0n) is 15.2. The average Bonchev–Trinajstić information content (AvgIpc) is 3.20. The van der Waals surface area contributed by atoms with E-state index in [2.05, 4.69) is 45.4 Å². The van der Waals surface area contributed by atoms with Gasteiger partial charge >= 0.3 is 0 Å². The molecule has 0 spiro atoms. The summed E-state index contributed by atoms with van der Waals surface area (Å²) in [6, 6.07) is 6.32. The predicted octanol–water partition coefficient (Wildman–Crippen LogP) is 3.35. The van der Waals surface area contributed by atoms with Gasteiger partial charge in [-0.25, -0.2) is 0 Å². The summed E-state index contributed by atoms with van der Waals surface area (Å²) in [5, 5.41) is 2.13. The Labute approximate surface area is 154 Å². The summed E-state index contributed by atoms with van der Waals surface area (Å²) in [4.78, 5) is 18.9. The van der Waals surface area contributed by atoms with Gasteiger partial charge in [0.15, 0.2) is 5.78 Å². The number of ketones is 1. The van der Waals surface area contributed by atoms with E-state index in [1.54, 1.807) is 0 Å². The summed E-state index contributed by atoms with van der Waals surface area (Å²) in [6.45, 7) is 14.2. The van der Waals surface area contributed by atoms with Crippen LogP contribution in [0.25, 0.3) is 0 Å². The first kappa shape index (κ1) is 18.1. The molecule has 0 aliphatic carbocycles. The number of thiophene rings is 1. The van der Waals surface area contributed by atoms with Crippen molar-refractivity contribution in [3.05, 3.63) is 58.1 Å². The largest absolute Gasteiger partial charge is 0.345 e. The standard InChI is InChI=1S/C20H27N3OS/c1-4-7-23-16(2)13-19(17(23)3)20(24)15-22-10-8-21(9-11-22)14-18-6-5-12-25-18/h4-6,12-13H,1,7-11,14-15H2,2-3H3. The first-order valence-electron chi connectivity index (χ1n) is 8.86. The fraction of sp³-hybridized carbons (Fsp3) is 0.450. The van der Waals surface area contributed by atoms with E-state index in [0.29, 0.717) is 6.54 Å². The van der Waals surface area contributed by atoms with Crippen molar-refractivity contribution in [1.82, 2.24) is 14.4 Å². The zero-order chi connectivity index (χ0) is 17.8. The SMILES string of the molecule is C=CCn1c(C)cc(C(=O)CN2CCN(Cc3cccs3)CC2)c1C. The number of nitrogens with zero attached hydrogens (tertiary/aromatic N) is 3. The Morgan fingerprint density at radius 3 is 2.60 bits per heavy atom. The zero-order valence-corrected chi connectivity index (χ0v) is 16.0. The maximum atomic E-state index is 12.7. The normalized spacial score (nSPS) is 16.2. The van der Waals surface area contributed by atoms with Crippen LogP contribution in [0.5, 0.6) is 0 Å². The second-order valence-electron chi connectivity index (χ2n) is 6.74. The van der Waals surface area contributed by atoms with Crippen LogP contribution in [0.15, 0.2) is 36.2 Å². The van der Waals surface area contributed by atoms with E-state index < -0.39 is 0 Å². The van der Waals surface area contributed by atoms with E-state index in [1.165, 1.54) is 4.88 Å². The van der Waals surface area contributed by atoms with Crippen LogP contribution in [-0.2, 0) is 13.1 Å². The number of carbonyl (C=O) groups excluding carboxylic acids is 1. The Hall–Kier alpha value is -1.69. The summed E-state index contributed by atoms with van der Waals surface area (Å²) in [5.74, 6) is 0.232. The maximum absolute atomic E-state index is 12.7. The van der Waals surface area contributed by atoms with Crippen LogP contribution in [0.2, 0.25) is 0 Å². The summed E-state index contributed by atoms with van der Waals surface area (Å²) in [6.07, 6.45) is 1.88. The van der Waals surface area contributed by atoms with Crippen molar-refractivity contribution in [2.75, 3.05) is 32.7 Å². The van der Waals surface area contributed by atoms with E-state index in [0.717, 1.165) is 56.2 Å². The molecule has 0 unspecified atom stereocenters. The van der Waals surface area contributed by atoms with E-state index in [1.807, 2.05) is 30.4 Å². The van der Waals surface area contributed by atoms with Crippen LogP contribution in [0.3, 0.4) is 0 Å². The summed E-state index contributed by atoms with van der Waals surface area (Å²) in [7, 11) is 0. The molecule has 5 heteroatoms. The molecule has 2 aromatic heterocycles. The molecule has 0 saturated carbocycles. The Balaban J connectivity index is 1.54. The van der Waals surface area contributed by atoms with E-state index in [4.69, 9.17) is 0 Å². The molecular formula is C20H27N3OS. The van der Waals surface area contributed by atoms with Gasteiger partial charge in [0.25, 0.3) is 0 Å². The molecule has 1 saturated heterocycles. The van der Waals surface area contributed by atoms with Crippen molar-refractivity contribution >= 4 is 17.1 Å². The number of carbonyl (C=O) groups is 1. The van der Waals surface area contributed by atoms with Crippen molar-refractivity contribution in [2.24, 2.45) is 0 Å². The van der Waals surface area contributed by atoms with E-state index >= 15 is 0 Å². The van der Waals surface area contributed by atoms with Crippen LogP contribution >= 0.6 is 11.3 Å². The highest BCUT2D eigenvalue weighted by molar-refractivity contribution is 7.09. The van der Waals surface area contributed by atoms with Gasteiger partial charge in [-0.3, -0.25) is 14.6 Å². The predicted molar refractivity (Wildman–Crippen MR) is 104 cm³/mol. The van der Waals surface area contributed by atoms with Gasteiger partial charge in [-0.2, -0.15) is 0 Å². The highest BCUT2D eigenvalue weighted by atomic mass is 32.1. The molecule has 0 aromatic carbocycles. The van der Waals surface area contributed by atoms with Gasteiger partial charge in [0.2, 0.25) is 0 Å². The fourth-order valence-electron chi connectivity index (χ4n) is 3.51. The van der Waals surface area contributed by atoms with Gasteiger partial charge in [-0.05, 0) is 31.4 Å². The Kier molecular flexibility index (Phi) is 5.89. The number of hydrogen-bond donors (Lipinski definition) is 0. The minimum atomic E-state index is 0.232. The molecule has 1 aliphatic rings. The third-order valence-corrected chi connectivity index (χ3v) is 5.84. The number of aryl methyl sites for hydroxylation is 1. The average molecular weight is 358 g/mol. The van der Waals surface area contributed by atoms with Crippen molar-refractivity contribution in [1.29, 1.82) is 0 Å². The molecule has 2 aromatic rings. The molecule has 0 amide bonds. The molecule has 3 heterocycles. The topological polar surface area (TPSA) is 28.5 Å². The third-order valence-electron chi connectivity index (χ3n) is 4.98. The van der Waals surface area contributed by atoms with Crippen LogP contribution < -0.4 is 0 Å². The molecule has 1 aliphatic heterocycles. The lowest BCUT2D eigenvalue weighted by atomic mass is 10.1. The van der Waals surface area contributed by atoms with Gasteiger partial charge in [-0.1, -0.05) is 12.1 Å². The van der Waals surface area contributed by atoms with Gasteiger partial charge < -0.3 is 4.57 Å². The number of aromatic nitrogens is 1. The molecule has 0 atom stereocenters. The number of hydrogen-bond acceptors (Lipinski definition) is 4. The summed E-state index contributed by atoms with van der Waals surface area (Å²) < 4.78 is 2.15. The number of rotatable bonds is 7. The summed E-state index contributed by atoms with van der Waals surface area (Å²) in [5.41, 5.74) is 3.04. The molecule has 25 heavy (non-hydrogen) atoms. The molecule has 134 valence electrons. The molecule has 0 radical (unpaired) electrons. The lowest BCUT2D eigenvalue weighted by Crippen LogP contribution is -2.47. The first-order valence-corrected chi connectivity index (χ1v) is 9.74. The number of piperazine rings is 1. The van der Waals surface area contributed by atoms with Crippen molar-refractivity contribution < 1.29 is 4.79 Å². The minimum Gasteiger partial charge on any atom is -0.345 e. The number of allylic oxidation sites excluding steroid dienone is 1. The van der Waals surface area contributed by atoms with Crippen molar-refractivity contribution in [2.45, 2.75) is 26.9 Å². The van der Waals surface area contributed by atoms with Gasteiger partial charge in [0, 0.05) is 61.1 Å². The van der Waals surface area contributed by atoms with Crippen LogP contribution in [0.4, 0.5) is 0 Å². The third kappa shape index (κ3) is 4.29. The number of Topliss-reactive ketones (excluding diaryl/α,β-unsaturated/α-hetero) is 1. The van der Waals surface area contributed by atoms with E-state index in [-0.39, 0.29) is 5.78 Å². The monoisotopic (exact) mass is 357 g/mol. The highest BCUT2D eigenvalue weighted by Gasteiger charge is 2.22. The lowest BCUT2D eigenvalue weighted by molar-refractivity contribution is 0.0844. The second kappa shape index (κ2) is 8.13. The molecule has 3 rings (SSSR count). The van der Waals surface area contributed by atoms with Crippen LogP contribution in [0.1, 0.15) is 26.6 Å². The highest BCUT2D eigenvalue weighted by Crippen LogP contribution is 2.17. The summed E-state index contributed by atoms with van der Waals surface area (Å²) >= 11 is 1.82. The molecular weight excluding hydrogens is 330 g/mol. The Morgan fingerprint density at radius 2 is 1.96 bits per heavy atom. The van der Waals surface area contributed by atoms with Crippen molar-refractivity contribution in [3.8, 4) is 0 Å². The fourth-order valence-corrected chi connectivity index (χ4v) is 4.26. The van der Waals surface area contributed by atoms with Gasteiger partial charge in [0.05, 0.1) is 6.54 Å². The quantitative estimate of drug-likeness (QED) is 0.562. The molecule has 4 nitrogen and oxygen atoms in total. The lowest BCUT2D eigenvalue weighted by Gasteiger charge is -2.34. The first-order chi connectivity index (χ1) is 12.1. The minimum absolute atomic E-state index is 0.232. The second-order valence-corrected chi connectivity index (χ2v) is 7.77. The van der Waals surface area contributed by atoms with Crippen molar-refractivity contribution in [3.63, 3.8) is 0 Å².